The second-order valence-electron chi connectivity index (χ2n) is 6.96. The van der Waals surface area contributed by atoms with Crippen LogP contribution in [0.4, 0.5) is 15.6 Å². The number of fused-ring (bicyclic) bond motifs is 1. The number of rotatable bonds is 4. The van der Waals surface area contributed by atoms with Crippen LogP contribution in [0.5, 0.6) is 0 Å². The maximum absolute atomic E-state index is 12.3. The first-order valence-corrected chi connectivity index (χ1v) is 10.3. The molecule has 1 aromatic heterocycles. The van der Waals surface area contributed by atoms with E-state index in [4.69, 9.17) is 0 Å². The van der Waals surface area contributed by atoms with Gasteiger partial charge in [0.2, 0.25) is 0 Å². The fraction of sp³-hybridized carbons (Fsp3) is 0.286. The molecule has 6 nitrogen and oxygen atoms in total. The molecule has 1 heterocycles. The van der Waals surface area contributed by atoms with Gasteiger partial charge in [0.25, 0.3) is 5.91 Å². The number of benzene rings is 2. The number of aromatic nitrogens is 1. The van der Waals surface area contributed by atoms with Crippen LogP contribution in [0.2, 0.25) is 0 Å². The van der Waals surface area contributed by atoms with Gasteiger partial charge >= 0.3 is 6.03 Å². The van der Waals surface area contributed by atoms with Gasteiger partial charge in [-0.25, -0.2) is 9.78 Å². The molecule has 7 heteroatoms. The minimum absolute atomic E-state index is 0.181. The molecule has 144 valence electrons. The van der Waals surface area contributed by atoms with Crippen molar-refractivity contribution in [2.75, 3.05) is 10.6 Å². The lowest BCUT2D eigenvalue weighted by molar-refractivity contribution is 0.102. The molecule has 2 aromatic carbocycles. The lowest BCUT2D eigenvalue weighted by Gasteiger charge is -2.22. The average Bonchev–Trinajstić information content (AvgIpc) is 3.10. The molecule has 0 unspecified atom stereocenters. The Bertz CT molecular complexity index is 980. The van der Waals surface area contributed by atoms with E-state index in [0.717, 1.165) is 23.1 Å². The monoisotopic (exact) mass is 394 g/mol. The number of carbonyl (C=O) groups is 2. The fourth-order valence-corrected chi connectivity index (χ4v) is 4.26. The quantitative estimate of drug-likeness (QED) is 0.582. The summed E-state index contributed by atoms with van der Waals surface area (Å²) in [4.78, 5) is 29.0. The summed E-state index contributed by atoms with van der Waals surface area (Å²) in [5.74, 6) is -0.190. The van der Waals surface area contributed by atoms with Gasteiger partial charge in [0, 0.05) is 17.3 Å². The van der Waals surface area contributed by atoms with E-state index >= 15 is 0 Å². The van der Waals surface area contributed by atoms with Crippen LogP contribution in [0.15, 0.2) is 48.5 Å². The summed E-state index contributed by atoms with van der Waals surface area (Å²) >= 11 is 1.40. The van der Waals surface area contributed by atoms with Gasteiger partial charge in [-0.1, -0.05) is 48.8 Å². The zero-order valence-corrected chi connectivity index (χ0v) is 16.2. The molecule has 3 amide bonds. The Labute approximate surface area is 167 Å². The number of hydrogen-bond acceptors (Lipinski definition) is 4. The van der Waals surface area contributed by atoms with Crippen LogP contribution >= 0.6 is 11.3 Å². The maximum Gasteiger partial charge on any atom is 0.319 e. The molecule has 1 saturated carbocycles. The Morgan fingerprint density at radius 2 is 1.75 bits per heavy atom. The molecule has 1 aliphatic rings. The molecule has 3 N–H and O–H groups in total. The highest BCUT2D eigenvalue weighted by Gasteiger charge is 2.16. The Morgan fingerprint density at radius 1 is 0.964 bits per heavy atom. The minimum Gasteiger partial charge on any atom is -0.335 e. The fourth-order valence-electron chi connectivity index (χ4n) is 3.42. The molecule has 4 rings (SSSR count). The predicted molar refractivity (Wildman–Crippen MR) is 113 cm³/mol. The van der Waals surface area contributed by atoms with E-state index in [0.29, 0.717) is 16.4 Å². The lowest BCUT2D eigenvalue weighted by atomic mass is 9.96. The molecule has 3 aromatic rings. The van der Waals surface area contributed by atoms with Gasteiger partial charge < -0.3 is 10.6 Å². The first-order valence-electron chi connectivity index (χ1n) is 9.52. The van der Waals surface area contributed by atoms with Crippen molar-refractivity contribution >= 4 is 44.3 Å². The third kappa shape index (κ3) is 4.48. The molecule has 0 bridgehead atoms. The number of nitrogens with one attached hydrogen (secondary N) is 3. The first-order chi connectivity index (χ1) is 13.7. The van der Waals surface area contributed by atoms with Gasteiger partial charge in [0.05, 0.1) is 10.2 Å². The Hall–Kier alpha value is -2.93. The Balaban J connectivity index is 1.41. The van der Waals surface area contributed by atoms with E-state index in [2.05, 4.69) is 20.9 Å². The molecule has 0 radical (unpaired) electrons. The second kappa shape index (κ2) is 8.39. The number of urea groups is 1. The summed E-state index contributed by atoms with van der Waals surface area (Å²) in [6, 6.07) is 14.7. The summed E-state index contributed by atoms with van der Waals surface area (Å²) in [5, 5.41) is 9.29. The van der Waals surface area contributed by atoms with Crippen molar-refractivity contribution in [2.24, 2.45) is 0 Å². The van der Waals surface area contributed by atoms with Gasteiger partial charge in [-0.05, 0) is 43.2 Å². The van der Waals surface area contributed by atoms with Crippen molar-refractivity contribution in [3.63, 3.8) is 0 Å². The van der Waals surface area contributed by atoms with Crippen molar-refractivity contribution in [3.8, 4) is 0 Å². The molecule has 0 saturated heterocycles. The van der Waals surface area contributed by atoms with Crippen LogP contribution in [0, 0.1) is 0 Å². The van der Waals surface area contributed by atoms with Crippen LogP contribution < -0.4 is 16.0 Å². The van der Waals surface area contributed by atoms with Crippen LogP contribution in [0.25, 0.3) is 10.2 Å². The molecule has 0 aliphatic heterocycles. The summed E-state index contributed by atoms with van der Waals surface area (Å²) in [6.07, 6.45) is 5.69. The zero-order chi connectivity index (χ0) is 19.3. The van der Waals surface area contributed by atoms with Crippen molar-refractivity contribution in [3.05, 3.63) is 54.1 Å². The molecule has 0 spiro atoms. The van der Waals surface area contributed by atoms with E-state index < -0.39 is 0 Å². The minimum atomic E-state index is -0.190. The highest BCUT2D eigenvalue weighted by Crippen LogP contribution is 2.28. The Morgan fingerprint density at radius 3 is 2.54 bits per heavy atom. The normalized spacial score (nSPS) is 14.6. The maximum atomic E-state index is 12.3. The van der Waals surface area contributed by atoms with E-state index in [1.54, 1.807) is 12.1 Å². The topological polar surface area (TPSA) is 83.1 Å². The SMILES string of the molecule is O=C(Nc1ccc2sc(NC(=O)c3ccccc3)nc2c1)NC1CCCCC1. The van der Waals surface area contributed by atoms with Crippen LogP contribution in [-0.2, 0) is 0 Å². The molecular formula is C21H22N4O2S. The molecule has 1 aliphatic carbocycles. The van der Waals surface area contributed by atoms with Gasteiger partial charge in [-0.2, -0.15) is 0 Å². The smallest absolute Gasteiger partial charge is 0.319 e. The van der Waals surface area contributed by atoms with Gasteiger partial charge in [0.15, 0.2) is 5.13 Å². The summed E-state index contributed by atoms with van der Waals surface area (Å²) in [5.41, 5.74) is 2.01. The van der Waals surface area contributed by atoms with Crippen molar-refractivity contribution in [1.29, 1.82) is 0 Å². The van der Waals surface area contributed by atoms with Gasteiger partial charge in [-0.3, -0.25) is 10.1 Å². The van der Waals surface area contributed by atoms with E-state index in [1.807, 2.05) is 36.4 Å². The Kier molecular flexibility index (Phi) is 5.53. The number of hydrogen-bond donors (Lipinski definition) is 3. The summed E-state index contributed by atoms with van der Waals surface area (Å²) in [6.45, 7) is 0. The number of amides is 3. The van der Waals surface area contributed by atoms with E-state index in [1.165, 1.54) is 30.6 Å². The molecule has 1 fully saturated rings. The molecule has 0 atom stereocenters. The summed E-state index contributed by atoms with van der Waals surface area (Å²) in [7, 11) is 0. The predicted octanol–water partition coefficient (Wildman–Crippen LogP) is 5.00. The van der Waals surface area contributed by atoms with E-state index in [-0.39, 0.29) is 18.0 Å². The number of thiazole rings is 1. The van der Waals surface area contributed by atoms with Gasteiger partial charge in [-0.15, -0.1) is 0 Å². The standard InChI is InChI=1S/C21H22N4O2S/c26-19(14-7-3-1-4-8-14)25-21-24-17-13-16(11-12-18(17)28-21)23-20(27)22-15-9-5-2-6-10-15/h1,3-4,7-8,11-13,15H,2,5-6,9-10H2,(H2,22,23,27)(H,24,25,26). The van der Waals surface area contributed by atoms with Crippen molar-refractivity contribution in [1.82, 2.24) is 10.3 Å². The van der Waals surface area contributed by atoms with Crippen molar-refractivity contribution in [2.45, 2.75) is 38.1 Å². The van der Waals surface area contributed by atoms with Gasteiger partial charge in [0.1, 0.15) is 0 Å². The van der Waals surface area contributed by atoms with Crippen molar-refractivity contribution < 1.29 is 9.59 Å². The number of carbonyl (C=O) groups excluding carboxylic acids is 2. The summed E-state index contributed by atoms with van der Waals surface area (Å²) < 4.78 is 0.946. The number of nitrogens with zero attached hydrogens (tertiary/aromatic N) is 1. The lowest BCUT2D eigenvalue weighted by Crippen LogP contribution is -2.38. The first kappa shape index (κ1) is 18.4. The average molecular weight is 395 g/mol. The second-order valence-corrected chi connectivity index (χ2v) is 7.99. The highest BCUT2D eigenvalue weighted by molar-refractivity contribution is 7.22. The zero-order valence-electron chi connectivity index (χ0n) is 15.4. The molecule has 28 heavy (non-hydrogen) atoms. The number of anilines is 2. The van der Waals surface area contributed by atoms with Crippen LogP contribution in [-0.4, -0.2) is 23.0 Å². The highest BCUT2D eigenvalue weighted by atomic mass is 32.1. The third-order valence-corrected chi connectivity index (χ3v) is 5.79. The molecular weight excluding hydrogens is 372 g/mol. The third-order valence-electron chi connectivity index (χ3n) is 4.84. The largest absolute Gasteiger partial charge is 0.335 e. The van der Waals surface area contributed by atoms with Crippen LogP contribution in [0.1, 0.15) is 42.5 Å². The van der Waals surface area contributed by atoms with E-state index in [9.17, 15) is 9.59 Å². The van der Waals surface area contributed by atoms with Crippen LogP contribution in [0.3, 0.4) is 0 Å².